The first-order valence-electron chi connectivity index (χ1n) is 7.86. The summed E-state index contributed by atoms with van der Waals surface area (Å²) in [7, 11) is 0. The Labute approximate surface area is 137 Å². The topological polar surface area (TPSA) is 81.1 Å². The Hall–Kier alpha value is -3.02. The number of para-hydroxylation sites is 2. The number of anilines is 2. The second-order valence-electron chi connectivity index (χ2n) is 6.43. The quantitative estimate of drug-likeness (QED) is 0.767. The molecule has 2 aromatic rings. The van der Waals surface area contributed by atoms with Crippen LogP contribution in [0.3, 0.4) is 0 Å². The van der Waals surface area contributed by atoms with Gasteiger partial charge in [0.15, 0.2) is 0 Å². The summed E-state index contributed by atoms with van der Waals surface area (Å²) in [5.74, 6) is -0.392. The van der Waals surface area contributed by atoms with Crippen LogP contribution in [0.2, 0.25) is 0 Å². The lowest BCUT2D eigenvalue weighted by Crippen LogP contribution is -2.63. The van der Waals surface area contributed by atoms with Crippen molar-refractivity contribution >= 4 is 23.2 Å². The van der Waals surface area contributed by atoms with Crippen LogP contribution in [0.25, 0.3) is 0 Å². The molecule has 0 radical (unpaired) electrons. The number of amides is 2. The van der Waals surface area contributed by atoms with Crippen LogP contribution in [-0.2, 0) is 22.4 Å². The van der Waals surface area contributed by atoms with Crippen molar-refractivity contribution < 1.29 is 19.8 Å². The molecule has 0 unspecified atom stereocenters. The Balaban J connectivity index is 1.67. The molecule has 1 saturated heterocycles. The van der Waals surface area contributed by atoms with Gasteiger partial charge in [-0.25, -0.2) is 0 Å². The Morgan fingerprint density at radius 2 is 1.17 bits per heavy atom. The second-order valence-corrected chi connectivity index (χ2v) is 6.43. The molecule has 1 fully saturated rings. The van der Waals surface area contributed by atoms with Crippen LogP contribution in [-0.4, -0.2) is 34.1 Å². The number of rotatable bonds is 0. The van der Waals surface area contributed by atoms with E-state index in [1.165, 1.54) is 21.9 Å². The lowest BCUT2D eigenvalue weighted by atomic mass is 10.0. The van der Waals surface area contributed by atoms with Gasteiger partial charge in [-0.1, -0.05) is 24.3 Å². The van der Waals surface area contributed by atoms with E-state index in [0.717, 1.165) is 11.1 Å². The number of fused-ring (bicyclic) bond motifs is 6. The molecule has 2 atom stereocenters. The highest BCUT2D eigenvalue weighted by atomic mass is 16.3. The molecule has 2 N–H and O–H groups in total. The van der Waals surface area contributed by atoms with Crippen LogP contribution in [0.4, 0.5) is 11.4 Å². The summed E-state index contributed by atoms with van der Waals surface area (Å²) in [4.78, 5) is 29.0. The van der Waals surface area contributed by atoms with Gasteiger partial charge in [0.1, 0.15) is 23.6 Å². The van der Waals surface area contributed by atoms with E-state index in [4.69, 9.17) is 0 Å². The number of phenols is 2. The molecule has 0 spiro atoms. The Morgan fingerprint density at radius 1 is 0.750 bits per heavy atom. The highest BCUT2D eigenvalue weighted by Gasteiger charge is 2.54. The van der Waals surface area contributed by atoms with Crippen molar-refractivity contribution in [1.29, 1.82) is 0 Å². The van der Waals surface area contributed by atoms with E-state index in [1.54, 1.807) is 12.1 Å². The second kappa shape index (κ2) is 4.29. The van der Waals surface area contributed by atoms with E-state index >= 15 is 0 Å². The summed E-state index contributed by atoms with van der Waals surface area (Å²) in [6.07, 6.45) is 0.751. The van der Waals surface area contributed by atoms with Crippen molar-refractivity contribution in [2.24, 2.45) is 0 Å². The molecule has 6 nitrogen and oxygen atoms in total. The Kier molecular flexibility index (Phi) is 2.40. The molecule has 0 bridgehead atoms. The number of phenolic OH excluding ortho intramolecular Hbond substituents is 2. The number of benzene rings is 2. The van der Waals surface area contributed by atoms with Crippen LogP contribution in [0, 0.1) is 0 Å². The summed E-state index contributed by atoms with van der Waals surface area (Å²) in [6, 6.07) is 8.80. The van der Waals surface area contributed by atoms with Crippen molar-refractivity contribution in [2.45, 2.75) is 24.9 Å². The van der Waals surface area contributed by atoms with Crippen LogP contribution in [0.5, 0.6) is 11.5 Å². The minimum atomic E-state index is -0.664. The van der Waals surface area contributed by atoms with Crippen LogP contribution in [0.15, 0.2) is 36.4 Å². The van der Waals surface area contributed by atoms with Gasteiger partial charge < -0.3 is 10.2 Å². The molecule has 2 amide bonds. The Bertz CT molecular complexity index is 848. The fourth-order valence-corrected chi connectivity index (χ4v) is 4.20. The van der Waals surface area contributed by atoms with Crippen molar-refractivity contribution in [2.75, 3.05) is 9.80 Å². The third kappa shape index (κ3) is 1.45. The molecule has 6 heteroatoms. The smallest absolute Gasteiger partial charge is 0.251 e. The minimum absolute atomic E-state index is 0.0166. The van der Waals surface area contributed by atoms with Gasteiger partial charge in [-0.05, 0) is 23.3 Å². The zero-order valence-electron chi connectivity index (χ0n) is 12.6. The van der Waals surface area contributed by atoms with E-state index in [-0.39, 0.29) is 23.3 Å². The summed E-state index contributed by atoms with van der Waals surface area (Å²) in [5.41, 5.74) is 2.47. The summed E-state index contributed by atoms with van der Waals surface area (Å²) in [5, 5.41) is 20.3. The first-order valence-corrected chi connectivity index (χ1v) is 7.86. The predicted molar refractivity (Wildman–Crippen MR) is 86.2 cm³/mol. The maximum atomic E-state index is 13.1. The number of hydrogen-bond acceptors (Lipinski definition) is 4. The average molecular weight is 322 g/mol. The zero-order valence-corrected chi connectivity index (χ0v) is 12.6. The number of aromatic hydroxyl groups is 2. The molecule has 24 heavy (non-hydrogen) atoms. The molecule has 0 aromatic heterocycles. The lowest BCUT2D eigenvalue weighted by Gasteiger charge is -2.39. The summed E-state index contributed by atoms with van der Waals surface area (Å²) in [6.45, 7) is 0. The highest BCUT2D eigenvalue weighted by Crippen LogP contribution is 2.47. The molecule has 3 heterocycles. The fourth-order valence-electron chi connectivity index (χ4n) is 4.20. The molecular weight excluding hydrogens is 308 g/mol. The van der Waals surface area contributed by atoms with E-state index in [9.17, 15) is 19.8 Å². The maximum Gasteiger partial charge on any atom is 0.251 e. The van der Waals surface area contributed by atoms with Crippen molar-refractivity contribution in [1.82, 2.24) is 0 Å². The van der Waals surface area contributed by atoms with Gasteiger partial charge in [0.25, 0.3) is 11.8 Å². The van der Waals surface area contributed by atoms with Gasteiger partial charge in [-0.2, -0.15) is 0 Å². The number of carbonyl (C=O) groups excluding carboxylic acids is 2. The van der Waals surface area contributed by atoms with Gasteiger partial charge in [-0.3, -0.25) is 19.4 Å². The molecule has 2 aromatic carbocycles. The van der Waals surface area contributed by atoms with Crippen molar-refractivity contribution in [3.05, 3.63) is 47.5 Å². The maximum absolute atomic E-state index is 13.1. The van der Waals surface area contributed by atoms with Gasteiger partial charge in [0.05, 0.1) is 11.4 Å². The largest absolute Gasteiger partial charge is 0.506 e. The number of carbonyl (C=O) groups is 2. The van der Waals surface area contributed by atoms with E-state index < -0.39 is 12.1 Å². The normalized spacial score (nSPS) is 23.8. The molecule has 120 valence electrons. The molecule has 3 aliphatic heterocycles. The number of nitrogens with zero attached hydrogens (tertiary/aromatic N) is 2. The predicted octanol–water partition coefficient (Wildman–Crippen LogP) is 1.33. The molecule has 5 rings (SSSR count). The third-order valence-electron chi connectivity index (χ3n) is 5.17. The first kappa shape index (κ1) is 13.4. The van der Waals surface area contributed by atoms with E-state index in [2.05, 4.69) is 0 Å². The van der Waals surface area contributed by atoms with Crippen LogP contribution < -0.4 is 9.80 Å². The van der Waals surface area contributed by atoms with Crippen molar-refractivity contribution in [3.8, 4) is 11.5 Å². The van der Waals surface area contributed by atoms with Gasteiger partial charge in [-0.15, -0.1) is 0 Å². The SMILES string of the molecule is O=C1[C@@H]2Cc3cccc(O)c3N2C(=O)[C@@H]2Cc3cccc(O)c3N12. The van der Waals surface area contributed by atoms with E-state index in [0.29, 0.717) is 24.2 Å². The fraction of sp³-hybridized carbons (Fsp3) is 0.222. The van der Waals surface area contributed by atoms with Gasteiger partial charge in [0, 0.05) is 12.8 Å². The Morgan fingerprint density at radius 3 is 1.58 bits per heavy atom. The molecule has 3 aliphatic rings. The van der Waals surface area contributed by atoms with Gasteiger partial charge >= 0.3 is 0 Å². The molecular formula is C18H14N2O4. The monoisotopic (exact) mass is 322 g/mol. The zero-order chi connectivity index (χ0) is 16.6. The number of hydrogen-bond donors (Lipinski definition) is 2. The third-order valence-corrected chi connectivity index (χ3v) is 5.17. The van der Waals surface area contributed by atoms with Crippen LogP contribution in [0.1, 0.15) is 11.1 Å². The molecule has 0 saturated carbocycles. The highest BCUT2D eigenvalue weighted by molar-refractivity contribution is 6.19. The summed E-state index contributed by atoms with van der Waals surface area (Å²) < 4.78 is 0. The number of piperazine rings is 1. The molecule has 0 aliphatic carbocycles. The minimum Gasteiger partial charge on any atom is -0.506 e. The van der Waals surface area contributed by atoms with E-state index in [1.807, 2.05) is 12.1 Å². The van der Waals surface area contributed by atoms with Crippen molar-refractivity contribution in [3.63, 3.8) is 0 Å². The summed E-state index contributed by atoms with van der Waals surface area (Å²) >= 11 is 0. The first-order chi connectivity index (χ1) is 11.6. The van der Waals surface area contributed by atoms with Gasteiger partial charge in [0.2, 0.25) is 0 Å². The lowest BCUT2D eigenvalue weighted by molar-refractivity contribution is -0.130. The average Bonchev–Trinajstić information content (AvgIpc) is 3.13. The standard InChI is InChI=1S/C18H14N2O4/c21-13-5-1-3-9-7-11-17(23)20-12(18(24)19(11)15(9)13)8-10-4-2-6-14(22)16(10)20/h1-6,11-12,21-22H,7-8H2/t11-,12-/m0/s1. The van der Waals surface area contributed by atoms with Crippen LogP contribution >= 0.6 is 0 Å².